The van der Waals surface area contributed by atoms with Gasteiger partial charge in [-0.15, -0.1) is 0 Å². The van der Waals surface area contributed by atoms with Gasteiger partial charge in [-0.2, -0.15) is 0 Å². The van der Waals surface area contributed by atoms with Crippen LogP contribution in [0.3, 0.4) is 0 Å². The number of nitrogens with two attached hydrogens (primary N) is 1. The van der Waals surface area contributed by atoms with Crippen LogP contribution in [0.25, 0.3) is 0 Å². The molecule has 3 N–H and O–H groups in total. The summed E-state index contributed by atoms with van der Waals surface area (Å²) >= 11 is 0. The fourth-order valence-electron chi connectivity index (χ4n) is 5.78. The van der Waals surface area contributed by atoms with Crippen LogP contribution in [0, 0.1) is 5.41 Å². The van der Waals surface area contributed by atoms with E-state index in [1.54, 1.807) is 4.90 Å². The minimum Gasteiger partial charge on any atom is -0.327 e. The summed E-state index contributed by atoms with van der Waals surface area (Å²) in [6.45, 7) is 3.05. The summed E-state index contributed by atoms with van der Waals surface area (Å²) in [6.07, 6.45) is 5.58. The van der Waals surface area contributed by atoms with Crippen molar-refractivity contribution in [3.8, 4) is 0 Å². The first-order valence-corrected chi connectivity index (χ1v) is 10.7. The molecule has 154 valence electrons. The number of nitrogens with one attached hydrogen (secondary N) is 1. The van der Waals surface area contributed by atoms with E-state index in [0.29, 0.717) is 24.9 Å². The lowest BCUT2D eigenvalue weighted by Crippen LogP contribution is -2.54. The largest absolute Gasteiger partial charge is 0.327 e. The van der Waals surface area contributed by atoms with Crippen molar-refractivity contribution in [2.75, 3.05) is 13.1 Å². The lowest BCUT2D eigenvalue weighted by molar-refractivity contribution is -0.136. The lowest BCUT2D eigenvalue weighted by atomic mass is 9.63. The van der Waals surface area contributed by atoms with Crippen LogP contribution in [0.1, 0.15) is 60.0 Å². The van der Waals surface area contributed by atoms with Crippen LogP contribution in [0.5, 0.6) is 0 Å². The fraction of sp³-hybridized carbons (Fsp3) is 0.591. The van der Waals surface area contributed by atoms with Gasteiger partial charge in [0.2, 0.25) is 11.8 Å². The number of amides is 3. The van der Waals surface area contributed by atoms with Crippen molar-refractivity contribution in [2.24, 2.45) is 11.1 Å². The Labute approximate surface area is 170 Å². The second kappa shape index (κ2) is 6.92. The monoisotopic (exact) mass is 396 g/mol. The second-order valence-corrected chi connectivity index (χ2v) is 9.34. The topological polar surface area (TPSA) is 95.7 Å². The molecule has 3 aliphatic heterocycles. The van der Waals surface area contributed by atoms with Crippen molar-refractivity contribution in [3.63, 3.8) is 0 Å². The van der Waals surface area contributed by atoms with E-state index in [0.717, 1.165) is 36.2 Å². The average Bonchev–Trinajstić information content (AvgIpc) is 2.97. The third kappa shape index (κ3) is 3.26. The molecule has 0 aromatic heterocycles. The Hall–Kier alpha value is -2.25. The summed E-state index contributed by atoms with van der Waals surface area (Å²) in [5.41, 5.74) is 9.46. The van der Waals surface area contributed by atoms with Crippen LogP contribution in [-0.2, 0) is 22.7 Å². The Morgan fingerprint density at radius 2 is 2.03 bits per heavy atom. The van der Waals surface area contributed by atoms with Gasteiger partial charge in [0, 0.05) is 44.2 Å². The van der Waals surface area contributed by atoms with E-state index in [1.165, 1.54) is 19.3 Å². The Bertz CT molecular complexity index is 879. The quantitative estimate of drug-likeness (QED) is 0.748. The Balaban J connectivity index is 1.36. The molecule has 5 rings (SSSR count). The van der Waals surface area contributed by atoms with E-state index in [9.17, 15) is 14.4 Å². The number of carbonyl (C=O) groups excluding carboxylic acids is 3. The molecule has 0 bridgehead atoms. The first-order valence-electron chi connectivity index (χ1n) is 10.7. The third-order valence-corrected chi connectivity index (χ3v) is 7.19. The number of hydrogen-bond acceptors (Lipinski definition) is 5. The summed E-state index contributed by atoms with van der Waals surface area (Å²) in [5.74, 6) is -0.717. The van der Waals surface area contributed by atoms with Crippen LogP contribution < -0.4 is 11.1 Å². The standard InChI is InChI=1S/C22H28N4O3/c23-16-9-22(7-2-8-22)13-25(12-16)10-14-3-1-4-15-11-26(21(29)19(14)15)17-5-6-18(27)24-20(17)28/h1,3-4,16-17H,2,5-13,23H2,(H,24,27,28). The first kappa shape index (κ1) is 18.8. The molecule has 1 spiro atoms. The second-order valence-electron chi connectivity index (χ2n) is 9.34. The molecule has 2 unspecified atom stereocenters. The van der Waals surface area contributed by atoms with Crippen LogP contribution in [0.4, 0.5) is 0 Å². The van der Waals surface area contributed by atoms with Gasteiger partial charge in [-0.25, -0.2) is 0 Å². The van der Waals surface area contributed by atoms with Crippen molar-refractivity contribution in [3.05, 3.63) is 34.9 Å². The zero-order chi connectivity index (χ0) is 20.2. The molecule has 7 heteroatoms. The van der Waals surface area contributed by atoms with Gasteiger partial charge in [0.25, 0.3) is 5.91 Å². The number of imide groups is 1. The normalized spacial score (nSPS) is 29.0. The summed E-state index contributed by atoms with van der Waals surface area (Å²) in [4.78, 5) is 41.1. The van der Waals surface area contributed by atoms with Crippen molar-refractivity contribution in [1.82, 2.24) is 15.1 Å². The molecule has 1 aromatic rings. The number of likely N-dealkylation sites (tertiary alicyclic amines) is 1. The van der Waals surface area contributed by atoms with E-state index < -0.39 is 6.04 Å². The highest BCUT2D eigenvalue weighted by atomic mass is 16.2. The van der Waals surface area contributed by atoms with Gasteiger partial charge >= 0.3 is 0 Å². The van der Waals surface area contributed by atoms with Crippen molar-refractivity contribution in [1.29, 1.82) is 0 Å². The van der Waals surface area contributed by atoms with Gasteiger partial charge < -0.3 is 10.6 Å². The Morgan fingerprint density at radius 1 is 1.21 bits per heavy atom. The summed E-state index contributed by atoms with van der Waals surface area (Å²) in [7, 11) is 0. The predicted octanol–water partition coefficient (Wildman–Crippen LogP) is 1.15. The number of rotatable bonds is 3. The maximum absolute atomic E-state index is 13.3. The number of fused-ring (bicyclic) bond motifs is 1. The molecule has 3 amide bonds. The molecule has 4 aliphatic rings. The van der Waals surface area contributed by atoms with Crippen LogP contribution in [0.2, 0.25) is 0 Å². The minimum atomic E-state index is -0.567. The minimum absolute atomic E-state index is 0.0928. The molecule has 1 aliphatic carbocycles. The van der Waals surface area contributed by atoms with Gasteiger partial charge in [0.05, 0.1) is 0 Å². The molecular formula is C22H28N4O3. The molecule has 3 heterocycles. The SMILES string of the molecule is NC1CN(Cc2cccc3c2C(=O)N(C2CCC(=O)NC2=O)C3)CC2(CCC2)C1. The van der Waals surface area contributed by atoms with E-state index in [2.05, 4.69) is 10.2 Å². The van der Waals surface area contributed by atoms with E-state index in [1.807, 2.05) is 18.2 Å². The summed E-state index contributed by atoms with van der Waals surface area (Å²) in [5, 5.41) is 2.37. The van der Waals surface area contributed by atoms with E-state index in [-0.39, 0.29) is 30.2 Å². The number of hydrogen-bond donors (Lipinski definition) is 2. The Morgan fingerprint density at radius 3 is 2.76 bits per heavy atom. The highest BCUT2D eigenvalue weighted by molar-refractivity contribution is 6.05. The summed E-state index contributed by atoms with van der Waals surface area (Å²) in [6, 6.07) is 5.62. The molecule has 1 saturated carbocycles. The molecule has 29 heavy (non-hydrogen) atoms. The van der Waals surface area contributed by atoms with Crippen LogP contribution in [0.15, 0.2) is 18.2 Å². The smallest absolute Gasteiger partial charge is 0.255 e. The number of benzene rings is 1. The maximum Gasteiger partial charge on any atom is 0.255 e. The predicted molar refractivity (Wildman–Crippen MR) is 107 cm³/mol. The van der Waals surface area contributed by atoms with Crippen LogP contribution >= 0.6 is 0 Å². The zero-order valence-electron chi connectivity index (χ0n) is 16.7. The van der Waals surface area contributed by atoms with E-state index in [4.69, 9.17) is 5.73 Å². The molecule has 2 saturated heterocycles. The van der Waals surface area contributed by atoms with Gasteiger partial charge in [0.1, 0.15) is 6.04 Å². The molecular weight excluding hydrogens is 368 g/mol. The van der Waals surface area contributed by atoms with Crippen molar-refractivity contribution >= 4 is 17.7 Å². The number of carbonyl (C=O) groups is 3. The van der Waals surface area contributed by atoms with Gasteiger partial charge in [-0.3, -0.25) is 24.6 Å². The van der Waals surface area contributed by atoms with Crippen molar-refractivity contribution in [2.45, 2.75) is 63.7 Å². The number of nitrogens with zero attached hydrogens (tertiary/aromatic N) is 2. The zero-order valence-corrected chi connectivity index (χ0v) is 16.7. The van der Waals surface area contributed by atoms with Gasteiger partial charge in [-0.1, -0.05) is 24.6 Å². The van der Waals surface area contributed by atoms with Gasteiger partial charge in [-0.05, 0) is 42.2 Å². The highest BCUT2D eigenvalue weighted by Crippen LogP contribution is 2.47. The average molecular weight is 396 g/mol. The van der Waals surface area contributed by atoms with Crippen LogP contribution in [-0.4, -0.2) is 52.7 Å². The third-order valence-electron chi connectivity index (χ3n) is 7.19. The van der Waals surface area contributed by atoms with Gasteiger partial charge in [0.15, 0.2) is 0 Å². The lowest BCUT2D eigenvalue weighted by Gasteiger charge is -2.51. The fourth-order valence-corrected chi connectivity index (χ4v) is 5.78. The molecule has 0 radical (unpaired) electrons. The number of piperidine rings is 2. The first-order chi connectivity index (χ1) is 13.9. The van der Waals surface area contributed by atoms with Crippen molar-refractivity contribution < 1.29 is 14.4 Å². The maximum atomic E-state index is 13.3. The summed E-state index contributed by atoms with van der Waals surface area (Å²) < 4.78 is 0. The molecule has 2 atom stereocenters. The molecule has 3 fully saturated rings. The highest BCUT2D eigenvalue weighted by Gasteiger charge is 2.44. The Kier molecular flexibility index (Phi) is 4.47. The molecule has 1 aromatic carbocycles. The molecule has 7 nitrogen and oxygen atoms in total. The van der Waals surface area contributed by atoms with E-state index >= 15 is 0 Å².